The van der Waals surface area contributed by atoms with Gasteiger partial charge in [-0.15, -0.1) is 0 Å². The second-order valence-electron chi connectivity index (χ2n) is 11.3. The predicted molar refractivity (Wildman–Crippen MR) is 158 cm³/mol. The number of fused-ring (bicyclic) bond motifs is 1. The first-order valence-electron chi connectivity index (χ1n) is 13.2. The van der Waals surface area contributed by atoms with Crippen molar-refractivity contribution in [3.8, 4) is 11.5 Å². The molecule has 41 heavy (non-hydrogen) atoms. The van der Waals surface area contributed by atoms with Gasteiger partial charge in [-0.3, -0.25) is 0 Å². The lowest BCUT2D eigenvalue weighted by Crippen LogP contribution is -2.30. The quantitative estimate of drug-likeness (QED) is 0.211. The van der Waals surface area contributed by atoms with Gasteiger partial charge in [-0.05, 0) is 66.6 Å². The molecule has 1 saturated carbocycles. The molecule has 0 bridgehead atoms. The first kappa shape index (κ1) is 28.7. The zero-order valence-corrected chi connectivity index (χ0v) is 24.6. The smallest absolute Gasteiger partial charge is 0.404 e. The summed E-state index contributed by atoms with van der Waals surface area (Å²) in [5.41, 5.74) is 7.04. The number of rotatable bonds is 10. The van der Waals surface area contributed by atoms with Gasteiger partial charge >= 0.3 is 6.09 Å². The van der Waals surface area contributed by atoms with Crippen LogP contribution < -0.4 is 15.8 Å². The maximum atomic E-state index is 12.7. The van der Waals surface area contributed by atoms with Crippen molar-refractivity contribution in [1.82, 2.24) is 14.5 Å². The average Bonchev–Trinajstić information content (AvgIpc) is 3.60. The SMILES string of the molecule is CC(C)(C)C(COC(N)=O)n1ccc2ncnc(Nc3ccc(Oc4cccc(S(=O)(=O)CC5CC5)c4)c(Cl)c3)c21. The number of hydrogen-bond donors (Lipinski definition) is 2. The number of carbonyl (C=O) groups excluding carboxylic acids is 1. The van der Waals surface area contributed by atoms with E-state index >= 15 is 0 Å². The molecule has 0 saturated heterocycles. The molecule has 1 aliphatic carbocycles. The Bertz CT molecular complexity index is 1700. The predicted octanol–water partition coefficient (Wildman–Crippen LogP) is 6.49. The number of sulfone groups is 1. The molecule has 216 valence electrons. The standard InChI is InChI=1S/C29H32ClN5O5S/c1-29(2,3)25(15-39-28(31)36)35-12-11-23-26(35)27(33-17-32-23)34-19-9-10-24(22(30)13-19)40-20-5-4-6-21(14-20)41(37,38)16-18-7-8-18/h4-6,9-14,17-18,25H,7-8,15-16H2,1-3H3,(H2,31,36)(H,32,33,34). The number of benzene rings is 2. The highest BCUT2D eigenvalue weighted by Crippen LogP contribution is 2.38. The molecule has 0 radical (unpaired) electrons. The van der Waals surface area contributed by atoms with Crippen LogP contribution in [0.5, 0.6) is 11.5 Å². The second-order valence-corrected chi connectivity index (χ2v) is 13.7. The summed E-state index contributed by atoms with van der Waals surface area (Å²) in [4.78, 5) is 20.4. The fourth-order valence-electron chi connectivity index (χ4n) is 4.60. The van der Waals surface area contributed by atoms with Crippen molar-refractivity contribution in [3.63, 3.8) is 0 Å². The van der Waals surface area contributed by atoms with Crippen molar-refractivity contribution in [2.75, 3.05) is 17.7 Å². The van der Waals surface area contributed by atoms with Gasteiger partial charge in [-0.1, -0.05) is 38.4 Å². The second kappa shape index (κ2) is 11.2. The monoisotopic (exact) mass is 597 g/mol. The Morgan fingerprint density at radius 3 is 2.63 bits per heavy atom. The van der Waals surface area contributed by atoms with Crippen molar-refractivity contribution in [2.24, 2.45) is 17.1 Å². The molecular formula is C29H32ClN5O5S. The van der Waals surface area contributed by atoms with Gasteiger partial charge in [0.15, 0.2) is 15.7 Å². The molecule has 0 aliphatic heterocycles. The topological polar surface area (TPSA) is 138 Å². The van der Waals surface area contributed by atoms with Gasteiger partial charge in [0.2, 0.25) is 0 Å². The summed E-state index contributed by atoms with van der Waals surface area (Å²) in [5, 5.41) is 3.63. The molecule has 5 rings (SSSR count). The van der Waals surface area contributed by atoms with Crippen LogP contribution in [0.3, 0.4) is 0 Å². The highest BCUT2D eigenvalue weighted by molar-refractivity contribution is 7.91. The number of primary amides is 1. The van der Waals surface area contributed by atoms with Gasteiger partial charge in [0, 0.05) is 11.9 Å². The Morgan fingerprint density at radius 1 is 1.17 bits per heavy atom. The van der Waals surface area contributed by atoms with E-state index in [2.05, 4.69) is 15.3 Å². The van der Waals surface area contributed by atoms with Crippen LogP contribution in [-0.4, -0.2) is 41.4 Å². The van der Waals surface area contributed by atoms with E-state index in [1.54, 1.807) is 36.4 Å². The summed E-state index contributed by atoms with van der Waals surface area (Å²) >= 11 is 6.58. The Balaban J connectivity index is 1.39. The third kappa shape index (κ3) is 6.74. The zero-order chi connectivity index (χ0) is 29.4. The van der Waals surface area contributed by atoms with E-state index in [1.165, 1.54) is 12.4 Å². The van der Waals surface area contributed by atoms with Gasteiger partial charge in [-0.2, -0.15) is 0 Å². The number of nitrogens with two attached hydrogens (primary N) is 1. The summed E-state index contributed by atoms with van der Waals surface area (Å²) in [6.45, 7) is 6.21. The van der Waals surface area contributed by atoms with Gasteiger partial charge < -0.3 is 25.1 Å². The van der Waals surface area contributed by atoms with Crippen LogP contribution in [0.4, 0.5) is 16.3 Å². The molecule has 12 heteroatoms. The number of nitrogens with one attached hydrogen (secondary N) is 1. The summed E-state index contributed by atoms with van der Waals surface area (Å²) in [5.74, 6) is 1.70. The summed E-state index contributed by atoms with van der Waals surface area (Å²) in [6.07, 6.45) is 4.42. The minimum atomic E-state index is -3.37. The highest BCUT2D eigenvalue weighted by Gasteiger charge is 2.30. The minimum Gasteiger partial charge on any atom is -0.456 e. The number of anilines is 2. The number of amides is 1. The molecule has 1 aliphatic rings. The molecule has 1 amide bonds. The molecule has 2 heterocycles. The van der Waals surface area contributed by atoms with Gasteiger partial charge in [-0.25, -0.2) is 23.2 Å². The number of hydrogen-bond acceptors (Lipinski definition) is 8. The first-order chi connectivity index (χ1) is 19.4. The Labute approximate surface area is 243 Å². The van der Waals surface area contributed by atoms with Crippen molar-refractivity contribution in [2.45, 2.75) is 44.6 Å². The molecule has 3 N–H and O–H groups in total. The van der Waals surface area contributed by atoms with Crippen LogP contribution in [0.15, 0.2) is 66.0 Å². The minimum absolute atomic E-state index is 0.0812. The van der Waals surface area contributed by atoms with E-state index in [1.807, 2.05) is 37.6 Å². The van der Waals surface area contributed by atoms with Crippen molar-refractivity contribution >= 4 is 50.1 Å². The maximum absolute atomic E-state index is 12.7. The van der Waals surface area contributed by atoms with E-state index in [-0.39, 0.29) is 34.6 Å². The van der Waals surface area contributed by atoms with E-state index < -0.39 is 15.9 Å². The summed E-state index contributed by atoms with van der Waals surface area (Å²) in [7, 11) is -3.37. The van der Waals surface area contributed by atoms with E-state index in [4.69, 9.17) is 26.8 Å². The van der Waals surface area contributed by atoms with Gasteiger partial charge in [0.25, 0.3) is 0 Å². The van der Waals surface area contributed by atoms with Gasteiger partial charge in [0.05, 0.1) is 27.2 Å². The van der Waals surface area contributed by atoms with E-state index in [9.17, 15) is 13.2 Å². The van der Waals surface area contributed by atoms with E-state index in [0.717, 1.165) is 18.4 Å². The van der Waals surface area contributed by atoms with Crippen LogP contribution in [0.2, 0.25) is 5.02 Å². The fraction of sp³-hybridized carbons (Fsp3) is 0.345. The van der Waals surface area contributed by atoms with Gasteiger partial charge in [0.1, 0.15) is 29.9 Å². The van der Waals surface area contributed by atoms with Crippen LogP contribution in [-0.2, 0) is 14.6 Å². The number of halogens is 1. The molecule has 4 aromatic rings. The molecule has 10 nitrogen and oxygen atoms in total. The number of ether oxygens (including phenoxy) is 2. The molecule has 2 aromatic carbocycles. The number of carbonyl (C=O) groups is 1. The van der Waals surface area contributed by atoms with Crippen LogP contribution in [0.1, 0.15) is 39.7 Å². The lowest BCUT2D eigenvalue weighted by atomic mass is 9.87. The fourth-order valence-corrected chi connectivity index (χ4v) is 6.55. The molecule has 1 atom stereocenters. The van der Waals surface area contributed by atoms with Crippen molar-refractivity contribution < 1.29 is 22.7 Å². The molecular weight excluding hydrogens is 566 g/mol. The Morgan fingerprint density at radius 2 is 1.95 bits per heavy atom. The molecule has 0 spiro atoms. The normalized spacial score (nSPS) is 14.5. The molecule has 1 fully saturated rings. The first-order valence-corrected chi connectivity index (χ1v) is 15.2. The summed E-state index contributed by atoms with van der Waals surface area (Å²) < 4.78 is 38.5. The third-order valence-corrected chi connectivity index (χ3v) is 9.14. The highest BCUT2D eigenvalue weighted by atomic mass is 35.5. The third-order valence-electron chi connectivity index (χ3n) is 6.96. The van der Waals surface area contributed by atoms with Crippen molar-refractivity contribution in [3.05, 3.63) is 66.1 Å². The lowest BCUT2D eigenvalue weighted by molar-refractivity contribution is 0.102. The Kier molecular flexibility index (Phi) is 7.85. The number of nitrogens with zero attached hydrogens (tertiary/aromatic N) is 3. The average molecular weight is 598 g/mol. The maximum Gasteiger partial charge on any atom is 0.404 e. The van der Waals surface area contributed by atoms with Crippen molar-refractivity contribution in [1.29, 1.82) is 0 Å². The Hall–Kier alpha value is -3.83. The van der Waals surface area contributed by atoms with Crippen LogP contribution in [0, 0.1) is 11.3 Å². The largest absolute Gasteiger partial charge is 0.456 e. The molecule has 2 aromatic heterocycles. The lowest BCUT2D eigenvalue weighted by Gasteiger charge is -2.32. The van der Waals surface area contributed by atoms with Crippen LogP contribution >= 0.6 is 11.6 Å². The summed E-state index contributed by atoms with van der Waals surface area (Å²) in [6, 6.07) is 13.3. The zero-order valence-electron chi connectivity index (χ0n) is 23.0. The number of aromatic nitrogens is 3. The van der Waals surface area contributed by atoms with E-state index in [0.29, 0.717) is 33.5 Å². The van der Waals surface area contributed by atoms with Crippen LogP contribution in [0.25, 0.3) is 11.0 Å². The molecule has 1 unspecified atom stereocenters.